The quantitative estimate of drug-likeness (QED) is 0.553. The molecule has 0 radical (unpaired) electrons. The second kappa shape index (κ2) is 7.11. The minimum atomic E-state index is -0.127. The number of hydrogen-bond donors (Lipinski definition) is 1. The van der Waals surface area contributed by atoms with E-state index in [-0.39, 0.29) is 11.9 Å². The van der Waals surface area contributed by atoms with Gasteiger partial charge >= 0.3 is 0 Å². The van der Waals surface area contributed by atoms with E-state index in [0.29, 0.717) is 24.9 Å². The lowest BCUT2D eigenvalue weighted by molar-refractivity contribution is -0.117. The molecule has 25 heavy (non-hydrogen) atoms. The Balaban J connectivity index is 1.48. The summed E-state index contributed by atoms with van der Waals surface area (Å²) in [6, 6.07) is 9.60. The number of furan rings is 1. The van der Waals surface area contributed by atoms with Gasteiger partial charge in [-0.15, -0.1) is 0 Å². The number of ether oxygens (including phenoxy) is 2. The number of rotatable bonds is 5. The predicted molar refractivity (Wildman–Crippen MR) is 101 cm³/mol. The molecule has 130 valence electrons. The molecule has 1 aliphatic carbocycles. The molecular formula is C19H18INO4. The fourth-order valence-corrected chi connectivity index (χ4v) is 3.37. The molecule has 2 aromatic rings. The molecule has 2 heterocycles. The Bertz CT molecular complexity index is 810. The monoisotopic (exact) mass is 451 g/mol. The molecule has 1 saturated carbocycles. The first-order chi connectivity index (χ1) is 12.2. The smallest absolute Gasteiger partial charge is 0.244 e. The highest BCUT2D eigenvalue weighted by Gasteiger charge is 2.33. The van der Waals surface area contributed by atoms with Gasteiger partial charge in [-0.05, 0) is 77.3 Å². The number of amides is 1. The lowest BCUT2D eigenvalue weighted by Crippen LogP contribution is -2.28. The van der Waals surface area contributed by atoms with Gasteiger partial charge in [0.1, 0.15) is 19.0 Å². The van der Waals surface area contributed by atoms with E-state index in [1.807, 2.05) is 30.3 Å². The standard InChI is InChI=1S/C19H18INO4/c20-17-7-4-14(25-17)5-8-18(22)21-19(12-1-2-12)13-3-6-15-16(11-13)24-10-9-23-15/h3-8,11-12,19H,1-2,9-10H2,(H,21,22). The molecule has 1 amide bonds. The minimum absolute atomic E-state index is 0.00952. The Kier molecular flexibility index (Phi) is 4.70. The first kappa shape index (κ1) is 16.5. The lowest BCUT2D eigenvalue weighted by atomic mass is 10.0. The van der Waals surface area contributed by atoms with Crippen LogP contribution >= 0.6 is 22.6 Å². The van der Waals surface area contributed by atoms with Crippen molar-refractivity contribution in [2.24, 2.45) is 5.92 Å². The lowest BCUT2D eigenvalue weighted by Gasteiger charge is -2.22. The normalized spacial score (nSPS) is 17.5. The molecule has 1 N–H and O–H groups in total. The molecule has 1 aliphatic heterocycles. The summed E-state index contributed by atoms with van der Waals surface area (Å²) in [5.74, 6) is 2.54. The average Bonchev–Trinajstić information content (AvgIpc) is 3.39. The Morgan fingerprint density at radius 1 is 1.16 bits per heavy atom. The molecular weight excluding hydrogens is 433 g/mol. The molecule has 0 spiro atoms. The summed E-state index contributed by atoms with van der Waals surface area (Å²) in [5.41, 5.74) is 1.06. The van der Waals surface area contributed by atoms with Gasteiger partial charge in [0.15, 0.2) is 15.3 Å². The van der Waals surface area contributed by atoms with E-state index in [9.17, 15) is 4.79 Å². The van der Waals surface area contributed by atoms with Gasteiger partial charge in [-0.3, -0.25) is 4.79 Å². The maximum atomic E-state index is 12.3. The molecule has 1 aromatic heterocycles. The van der Waals surface area contributed by atoms with Crippen molar-refractivity contribution in [1.29, 1.82) is 0 Å². The van der Waals surface area contributed by atoms with E-state index < -0.39 is 0 Å². The van der Waals surface area contributed by atoms with E-state index in [4.69, 9.17) is 13.9 Å². The summed E-state index contributed by atoms with van der Waals surface area (Å²) < 4.78 is 17.5. The average molecular weight is 451 g/mol. The van der Waals surface area contributed by atoms with Gasteiger partial charge in [-0.2, -0.15) is 0 Å². The number of benzene rings is 1. The van der Waals surface area contributed by atoms with Crippen LogP contribution in [0.4, 0.5) is 0 Å². The summed E-state index contributed by atoms with van der Waals surface area (Å²) in [7, 11) is 0. The summed E-state index contributed by atoms with van der Waals surface area (Å²) >= 11 is 2.10. The highest BCUT2D eigenvalue weighted by molar-refractivity contribution is 14.1. The number of nitrogens with one attached hydrogen (secondary N) is 1. The van der Waals surface area contributed by atoms with E-state index in [2.05, 4.69) is 27.9 Å². The van der Waals surface area contributed by atoms with Crippen LogP contribution in [0.5, 0.6) is 11.5 Å². The van der Waals surface area contributed by atoms with Gasteiger partial charge < -0.3 is 19.2 Å². The van der Waals surface area contributed by atoms with Crippen molar-refractivity contribution in [2.75, 3.05) is 13.2 Å². The zero-order valence-electron chi connectivity index (χ0n) is 13.5. The number of halogens is 1. The molecule has 6 heteroatoms. The highest BCUT2D eigenvalue weighted by atomic mass is 127. The molecule has 1 fully saturated rings. The van der Waals surface area contributed by atoms with E-state index in [1.54, 1.807) is 6.08 Å². The van der Waals surface area contributed by atoms with Crippen LogP contribution < -0.4 is 14.8 Å². The van der Waals surface area contributed by atoms with Crippen molar-refractivity contribution in [3.05, 3.63) is 51.5 Å². The number of fused-ring (bicyclic) bond motifs is 1. The van der Waals surface area contributed by atoms with Crippen molar-refractivity contribution in [1.82, 2.24) is 5.32 Å². The van der Waals surface area contributed by atoms with Gasteiger partial charge in [-0.25, -0.2) is 0 Å². The maximum absolute atomic E-state index is 12.3. The van der Waals surface area contributed by atoms with Crippen LogP contribution in [0.15, 0.2) is 40.8 Å². The molecule has 1 aromatic carbocycles. The Morgan fingerprint density at radius 2 is 1.96 bits per heavy atom. The van der Waals surface area contributed by atoms with Crippen LogP contribution in [-0.4, -0.2) is 19.1 Å². The van der Waals surface area contributed by atoms with Crippen molar-refractivity contribution in [3.8, 4) is 11.5 Å². The Hall–Kier alpha value is -1.96. The molecule has 4 rings (SSSR count). The Morgan fingerprint density at radius 3 is 2.68 bits per heavy atom. The Labute approximate surface area is 159 Å². The first-order valence-electron chi connectivity index (χ1n) is 8.32. The summed E-state index contributed by atoms with van der Waals surface area (Å²) in [6.07, 6.45) is 5.45. The van der Waals surface area contributed by atoms with Gasteiger partial charge in [0.05, 0.1) is 6.04 Å². The topological polar surface area (TPSA) is 60.7 Å². The van der Waals surface area contributed by atoms with Gasteiger partial charge in [-0.1, -0.05) is 6.07 Å². The maximum Gasteiger partial charge on any atom is 0.244 e. The molecule has 2 aliphatic rings. The third kappa shape index (κ3) is 4.00. The van der Waals surface area contributed by atoms with Crippen LogP contribution in [0.3, 0.4) is 0 Å². The largest absolute Gasteiger partial charge is 0.486 e. The fourth-order valence-electron chi connectivity index (χ4n) is 2.93. The zero-order chi connectivity index (χ0) is 17.2. The van der Waals surface area contributed by atoms with Crippen molar-refractivity contribution < 1.29 is 18.7 Å². The fraction of sp³-hybridized carbons (Fsp3) is 0.316. The molecule has 0 saturated heterocycles. The van der Waals surface area contributed by atoms with Crippen molar-refractivity contribution in [2.45, 2.75) is 18.9 Å². The van der Waals surface area contributed by atoms with Gasteiger partial charge in [0.2, 0.25) is 5.91 Å². The number of carbonyl (C=O) groups excluding carboxylic acids is 1. The van der Waals surface area contributed by atoms with Crippen LogP contribution in [0.25, 0.3) is 6.08 Å². The van der Waals surface area contributed by atoms with Crippen LogP contribution in [-0.2, 0) is 4.79 Å². The highest BCUT2D eigenvalue weighted by Crippen LogP contribution is 2.43. The summed E-state index contributed by atoms with van der Waals surface area (Å²) in [4.78, 5) is 12.3. The third-order valence-electron chi connectivity index (χ3n) is 4.31. The third-order valence-corrected chi connectivity index (χ3v) is 4.89. The second-order valence-electron chi connectivity index (χ2n) is 6.20. The molecule has 0 bridgehead atoms. The summed E-state index contributed by atoms with van der Waals surface area (Å²) in [6.45, 7) is 1.13. The number of hydrogen-bond acceptors (Lipinski definition) is 4. The SMILES string of the molecule is O=C(C=Cc1ccc(I)o1)NC(c1ccc2c(c1)OCCO2)C1CC1. The van der Waals surface area contributed by atoms with Crippen molar-refractivity contribution in [3.63, 3.8) is 0 Å². The zero-order valence-corrected chi connectivity index (χ0v) is 15.7. The minimum Gasteiger partial charge on any atom is -0.486 e. The summed E-state index contributed by atoms with van der Waals surface area (Å²) in [5, 5.41) is 3.11. The van der Waals surface area contributed by atoms with Crippen LogP contribution in [0.2, 0.25) is 0 Å². The van der Waals surface area contributed by atoms with Gasteiger partial charge in [0, 0.05) is 6.08 Å². The molecule has 1 unspecified atom stereocenters. The van der Waals surface area contributed by atoms with E-state index in [1.165, 1.54) is 6.08 Å². The van der Waals surface area contributed by atoms with Crippen molar-refractivity contribution >= 4 is 34.6 Å². The molecule has 5 nitrogen and oxygen atoms in total. The van der Waals surface area contributed by atoms with Crippen LogP contribution in [0.1, 0.15) is 30.2 Å². The van der Waals surface area contributed by atoms with Gasteiger partial charge in [0.25, 0.3) is 0 Å². The molecule has 1 atom stereocenters. The van der Waals surface area contributed by atoms with Crippen LogP contribution in [0, 0.1) is 9.68 Å². The van der Waals surface area contributed by atoms with E-state index in [0.717, 1.165) is 33.7 Å². The van der Waals surface area contributed by atoms with E-state index >= 15 is 0 Å². The predicted octanol–water partition coefficient (Wildman–Crippen LogP) is 3.94. The number of carbonyl (C=O) groups is 1. The second-order valence-corrected chi connectivity index (χ2v) is 7.27. The first-order valence-corrected chi connectivity index (χ1v) is 9.40.